The number of hydrogen-bond acceptors (Lipinski definition) is 5. The quantitative estimate of drug-likeness (QED) is 0.853. The lowest BCUT2D eigenvalue weighted by Crippen LogP contribution is -2.46. The predicted octanol–water partition coefficient (Wildman–Crippen LogP) is 2.19. The van der Waals surface area contributed by atoms with Crippen molar-refractivity contribution in [3.8, 4) is 0 Å². The van der Waals surface area contributed by atoms with E-state index >= 15 is 0 Å². The average molecular weight is 278 g/mol. The Kier molecular flexibility index (Phi) is 2.77. The third-order valence-electron chi connectivity index (χ3n) is 4.47. The van der Waals surface area contributed by atoms with Crippen molar-refractivity contribution in [2.24, 2.45) is 0 Å². The lowest BCUT2D eigenvalue weighted by molar-refractivity contribution is -0.00545. The molecule has 5 heteroatoms. The first kappa shape index (κ1) is 12.3. The SMILES string of the molecule is C[C@@H]1CN(c2ccc3c(n2)NC2CCN3C2)C[C@H](C)O1.[HH].[HH]. The van der Waals surface area contributed by atoms with Crippen molar-refractivity contribution in [3.63, 3.8) is 0 Å². The Bertz CT molecular complexity index is 520. The zero-order valence-electron chi connectivity index (χ0n) is 12.2. The van der Waals surface area contributed by atoms with E-state index in [4.69, 9.17) is 9.72 Å². The first-order chi connectivity index (χ1) is 9.69. The second-order valence-electron chi connectivity index (χ2n) is 6.28. The van der Waals surface area contributed by atoms with Crippen molar-refractivity contribution < 1.29 is 7.59 Å². The molecular formula is C15H26N4O. The smallest absolute Gasteiger partial charge is 0.152 e. The van der Waals surface area contributed by atoms with Gasteiger partial charge in [0.1, 0.15) is 5.82 Å². The molecule has 0 saturated carbocycles. The Morgan fingerprint density at radius 1 is 1.20 bits per heavy atom. The van der Waals surface area contributed by atoms with Gasteiger partial charge in [-0.05, 0) is 32.4 Å². The topological polar surface area (TPSA) is 40.6 Å². The molecule has 2 bridgehead atoms. The molecule has 4 rings (SSSR count). The van der Waals surface area contributed by atoms with Crippen LogP contribution in [0.25, 0.3) is 0 Å². The largest absolute Gasteiger partial charge is 0.372 e. The minimum atomic E-state index is 0. The molecule has 1 aromatic heterocycles. The molecule has 0 amide bonds. The molecule has 1 N–H and O–H groups in total. The number of pyridine rings is 1. The first-order valence-corrected chi connectivity index (χ1v) is 7.62. The maximum absolute atomic E-state index is 5.80. The highest BCUT2D eigenvalue weighted by Crippen LogP contribution is 2.35. The first-order valence-electron chi connectivity index (χ1n) is 7.62. The fraction of sp³-hybridized carbons (Fsp3) is 0.667. The van der Waals surface area contributed by atoms with Crippen LogP contribution in [0.1, 0.15) is 23.1 Å². The minimum absolute atomic E-state index is 0. The second kappa shape index (κ2) is 4.52. The molecule has 2 saturated heterocycles. The molecule has 112 valence electrons. The fourth-order valence-corrected chi connectivity index (χ4v) is 3.63. The predicted molar refractivity (Wildman–Crippen MR) is 84.9 cm³/mol. The van der Waals surface area contributed by atoms with Crippen LogP contribution in [0.2, 0.25) is 0 Å². The molecule has 2 fully saturated rings. The Balaban J connectivity index is 0.000000882. The van der Waals surface area contributed by atoms with E-state index in [2.05, 4.69) is 41.1 Å². The van der Waals surface area contributed by atoms with E-state index in [1.807, 2.05) is 0 Å². The maximum atomic E-state index is 5.80. The van der Waals surface area contributed by atoms with E-state index in [9.17, 15) is 0 Å². The number of ether oxygens (including phenoxy) is 1. The summed E-state index contributed by atoms with van der Waals surface area (Å²) in [5, 5.41) is 3.58. The number of anilines is 3. The molecule has 4 heterocycles. The summed E-state index contributed by atoms with van der Waals surface area (Å²) in [6, 6.07) is 4.95. The van der Waals surface area contributed by atoms with Crippen molar-refractivity contribution in [2.75, 3.05) is 41.3 Å². The molecule has 0 aliphatic carbocycles. The molecule has 5 nitrogen and oxygen atoms in total. The van der Waals surface area contributed by atoms with Crippen LogP contribution in [-0.2, 0) is 4.74 Å². The van der Waals surface area contributed by atoms with Gasteiger partial charge < -0.3 is 19.9 Å². The lowest BCUT2D eigenvalue weighted by Gasteiger charge is -2.37. The summed E-state index contributed by atoms with van der Waals surface area (Å²) in [4.78, 5) is 9.65. The Morgan fingerprint density at radius 2 is 2.00 bits per heavy atom. The van der Waals surface area contributed by atoms with Gasteiger partial charge in [0.15, 0.2) is 5.82 Å². The molecular weight excluding hydrogens is 252 g/mol. The molecule has 3 atom stereocenters. The Hall–Kier alpha value is -1.49. The van der Waals surface area contributed by atoms with E-state index in [0.717, 1.165) is 37.8 Å². The molecule has 3 aliphatic heterocycles. The highest BCUT2D eigenvalue weighted by molar-refractivity contribution is 5.72. The summed E-state index contributed by atoms with van der Waals surface area (Å²) < 4.78 is 5.80. The third kappa shape index (κ3) is 2.00. The summed E-state index contributed by atoms with van der Waals surface area (Å²) in [7, 11) is 0. The van der Waals surface area contributed by atoms with Crippen molar-refractivity contribution >= 4 is 17.3 Å². The number of fused-ring (bicyclic) bond motifs is 4. The summed E-state index contributed by atoms with van der Waals surface area (Å²) in [6.07, 6.45) is 1.76. The summed E-state index contributed by atoms with van der Waals surface area (Å²) in [6.45, 7) is 8.38. The lowest BCUT2D eigenvalue weighted by atomic mass is 10.2. The van der Waals surface area contributed by atoms with E-state index in [1.54, 1.807) is 0 Å². The zero-order valence-corrected chi connectivity index (χ0v) is 12.2. The van der Waals surface area contributed by atoms with Gasteiger partial charge in [-0.25, -0.2) is 4.98 Å². The summed E-state index contributed by atoms with van der Waals surface area (Å²) in [5.74, 6) is 2.13. The van der Waals surface area contributed by atoms with E-state index in [0.29, 0.717) is 6.04 Å². The van der Waals surface area contributed by atoms with Gasteiger partial charge in [-0.3, -0.25) is 0 Å². The van der Waals surface area contributed by atoms with Gasteiger partial charge in [-0.1, -0.05) is 0 Å². The van der Waals surface area contributed by atoms with Crippen LogP contribution >= 0.6 is 0 Å². The van der Waals surface area contributed by atoms with Gasteiger partial charge in [-0.2, -0.15) is 0 Å². The number of nitrogens with zero attached hydrogens (tertiary/aromatic N) is 3. The number of hydrogen-bond donors (Lipinski definition) is 1. The summed E-state index contributed by atoms with van der Waals surface area (Å²) >= 11 is 0. The van der Waals surface area contributed by atoms with Crippen LogP contribution in [0.3, 0.4) is 0 Å². The fourth-order valence-electron chi connectivity index (χ4n) is 3.63. The van der Waals surface area contributed by atoms with Gasteiger partial charge in [0, 0.05) is 35.1 Å². The molecule has 3 aliphatic rings. The van der Waals surface area contributed by atoms with Gasteiger partial charge >= 0.3 is 0 Å². The number of rotatable bonds is 1. The van der Waals surface area contributed by atoms with Crippen molar-refractivity contribution in [1.82, 2.24) is 4.98 Å². The van der Waals surface area contributed by atoms with Crippen molar-refractivity contribution in [1.29, 1.82) is 0 Å². The van der Waals surface area contributed by atoms with Crippen molar-refractivity contribution in [3.05, 3.63) is 12.1 Å². The second-order valence-corrected chi connectivity index (χ2v) is 6.28. The summed E-state index contributed by atoms with van der Waals surface area (Å²) in [5.41, 5.74) is 1.26. The Morgan fingerprint density at radius 3 is 2.80 bits per heavy atom. The standard InChI is InChI=1S/C15H22N4O.2H2/c1-10-7-19(8-11(2)20-10)14-4-3-13-15(17-14)16-12-5-6-18(13)9-12;;/h3-4,10-12H,5-9H2,1-2H3,(H,16,17);2*1H/t10-,11+,12?;;. The van der Waals surface area contributed by atoms with Gasteiger partial charge in [0.25, 0.3) is 0 Å². The molecule has 20 heavy (non-hydrogen) atoms. The van der Waals surface area contributed by atoms with Crippen LogP contribution in [0.15, 0.2) is 12.1 Å². The van der Waals surface area contributed by atoms with E-state index < -0.39 is 0 Å². The van der Waals surface area contributed by atoms with Crippen molar-refractivity contribution in [2.45, 2.75) is 38.5 Å². The molecule has 0 spiro atoms. The highest BCUT2D eigenvalue weighted by Gasteiger charge is 2.31. The van der Waals surface area contributed by atoms with E-state index in [1.165, 1.54) is 12.1 Å². The number of morpholine rings is 1. The van der Waals surface area contributed by atoms with Gasteiger partial charge in [0.05, 0.1) is 17.9 Å². The third-order valence-corrected chi connectivity index (χ3v) is 4.47. The maximum Gasteiger partial charge on any atom is 0.152 e. The highest BCUT2D eigenvalue weighted by atomic mass is 16.5. The minimum Gasteiger partial charge on any atom is -0.372 e. The average Bonchev–Trinajstić information content (AvgIpc) is 2.80. The molecule has 0 radical (unpaired) electrons. The molecule has 1 unspecified atom stereocenters. The van der Waals surface area contributed by atoms with E-state index in [-0.39, 0.29) is 15.1 Å². The van der Waals surface area contributed by atoms with Crippen LogP contribution < -0.4 is 15.1 Å². The van der Waals surface area contributed by atoms with Gasteiger partial charge in [0.2, 0.25) is 0 Å². The van der Waals surface area contributed by atoms with Crippen LogP contribution in [-0.4, -0.2) is 49.4 Å². The normalized spacial score (nSPS) is 32.0. The zero-order chi connectivity index (χ0) is 13.7. The van der Waals surface area contributed by atoms with Gasteiger partial charge in [-0.15, -0.1) is 0 Å². The van der Waals surface area contributed by atoms with Crippen LogP contribution in [0, 0.1) is 0 Å². The van der Waals surface area contributed by atoms with Crippen LogP contribution in [0.4, 0.5) is 17.3 Å². The number of aromatic nitrogens is 1. The molecule has 0 aromatic carbocycles. The monoisotopic (exact) mass is 278 g/mol. The number of nitrogens with one attached hydrogen (secondary N) is 1. The Labute approximate surface area is 122 Å². The molecule has 1 aromatic rings. The van der Waals surface area contributed by atoms with Crippen LogP contribution in [0.5, 0.6) is 0 Å².